The Balaban J connectivity index is 3.52. The summed E-state index contributed by atoms with van der Waals surface area (Å²) in [5, 5.41) is 5.70. The number of hydrogen-bond acceptors (Lipinski definition) is 4. The molecule has 0 unspecified atom stereocenters. The van der Waals surface area contributed by atoms with Crippen LogP contribution in [-0.4, -0.2) is 37.0 Å². The lowest BCUT2D eigenvalue weighted by atomic mass is 10.0. The second-order valence-corrected chi connectivity index (χ2v) is 6.54. The van der Waals surface area contributed by atoms with Gasteiger partial charge in [-0.15, -0.1) is 0 Å². The topological polar surface area (TPSA) is 110 Å². The predicted molar refractivity (Wildman–Crippen MR) is 90.1 cm³/mol. The molecule has 0 rings (SSSR count). The number of rotatable bonds is 11. The van der Waals surface area contributed by atoms with E-state index in [1.807, 2.05) is 27.7 Å². The molecule has 0 radical (unpaired) electrons. The summed E-state index contributed by atoms with van der Waals surface area (Å²) in [5.41, 5.74) is 11.5. The molecule has 0 spiro atoms. The standard InChI is InChI=1S/C16H34N4O2/c1-11(2)13(17)15(21)19-9-7-5-6-8-10-20-16(22)14(18)12(3)4/h11-14H,5-10,17-18H2,1-4H3,(H,19,21)(H,20,22)/t13-,14-/m0/s1. The molecule has 0 saturated heterocycles. The van der Waals surface area contributed by atoms with E-state index in [1.165, 1.54) is 0 Å². The summed E-state index contributed by atoms with van der Waals surface area (Å²) in [6.45, 7) is 9.05. The van der Waals surface area contributed by atoms with Crippen LogP contribution in [0.5, 0.6) is 0 Å². The molecule has 0 bridgehead atoms. The molecule has 22 heavy (non-hydrogen) atoms. The first-order valence-corrected chi connectivity index (χ1v) is 8.34. The maximum atomic E-state index is 11.6. The summed E-state index contributed by atoms with van der Waals surface area (Å²) in [4.78, 5) is 23.2. The zero-order valence-corrected chi connectivity index (χ0v) is 14.5. The van der Waals surface area contributed by atoms with Crippen molar-refractivity contribution in [1.82, 2.24) is 10.6 Å². The number of hydrogen-bond donors (Lipinski definition) is 4. The van der Waals surface area contributed by atoms with E-state index >= 15 is 0 Å². The molecule has 0 aliphatic heterocycles. The lowest BCUT2D eigenvalue weighted by molar-refractivity contribution is -0.124. The molecule has 130 valence electrons. The van der Waals surface area contributed by atoms with Crippen molar-refractivity contribution >= 4 is 11.8 Å². The van der Waals surface area contributed by atoms with E-state index < -0.39 is 12.1 Å². The van der Waals surface area contributed by atoms with Crippen LogP contribution in [0.2, 0.25) is 0 Å². The molecule has 0 aliphatic rings. The van der Waals surface area contributed by atoms with Gasteiger partial charge < -0.3 is 22.1 Å². The summed E-state index contributed by atoms with van der Waals surface area (Å²) < 4.78 is 0. The van der Waals surface area contributed by atoms with Crippen LogP contribution in [0.1, 0.15) is 53.4 Å². The highest BCUT2D eigenvalue weighted by atomic mass is 16.2. The van der Waals surface area contributed by atoms with Gasteiger partial charge in [-0.1, -0.05) is 40.5 Å². The Morgan fingerprint density at radius 2 is 1.05 bits per heavy atom. The first kappa shape index (κ1) is 20.9. The van der Waals surface area contributed by atoms with Gasteiger partial charge in [-0.25, -0.2) is 0 Å². The lowest BCUT2D eigenvalue weighted by Crippen LogP contribution is -2.44. The van der Waals surface area contributed by atoms with Crippen LogP contribution in [0.15, 0.2) is 0 Å². The van der Waals surface area contributed by atoms with E-state index in [-0.39, 0.29) is 23.7 Å². The highest BCUT2D eigenvalue weighted by molar-refractivity contribution is 5.82. The van der Waals surface area contributed by atoms with Gasteiger partial charge in [0.25, 0.3) is 0 Å². The normalized spacial score (nSPS) is 14.0. The van der Waals surface area contributed by atoms with Gasteiger partial charge in [-0.05, 0) is 24.7 Å². The molecule has 0 heterocycles. The van der Waals surface area contributed by atoms with Gasteiger partial charge in [-0.2, -0.15) is 0 Å². The van der Waals surface area contributed by atoms with Gasteiger partial charge in [-0.3, -0.25) is 9.59 Å². The van der Waals surface area contributed by atoms with Crippen LogP contribution in [-0.2, 0) is 9.59 Å². The van der Waals surface area contributed by atoms with Gasteiger partial charge >= 0.3 is 0 Å². The van der Waals surface area contributed by atoms with Crippen molar-refractivity contribution in [3.05, 3.63) is 0 Å². The first-order chi connectivity index (χ1) is 10.3. The number of nitrogens with one attached hydrogen (secondary N) is 2. The van der Waals surface area contributed by atoms with Crippen molar-refractivity contribution < 1.29 is 9.59 Å². The smallest absolute Gasteiger partial charge is 0.237 e. The van der Waals surface area contributed by atoms with Gasteiger partial charge in [0.15, 0.2) is 0 Å². The van der Waals surface area contributed by atoms with Crippen molar-refractivity contribution in [2.45, 2.75) is 65.5 Å². The summed E-state index contributed by atoms with van der Waals surface area (Å²) in [5.74, 6) is 0.150. The molecule has 0 fully saturated rings. The SMILES string of the molecule is CC(C)[C@H](N)C(=O)NCCCCCCNC(=O)[C@@H](N)C(C)C. The minimum Gasteiger partial charge on any atom is -0.355 e. The van der Waals surface area contributed by atoms with Crippen LogP contribution < -0.4 is 22.1 Å². The third-order valence-electron chi connectivity index (χ3n) is 3.74. The van der Waals surface area contributed by atoms with Gasteiger partial charge in [0.1, 0.15) is 0 Å². The second-order valence-electron chi connectivity index (χ2n) is 6.54. The fourth-order valence-corrected chi connectivity index (χ4v) is 1.87. The van der Waals surface area contributed by atoms with E-state index in [4.69, 9.17) is 11.5 Å². The van der Waals surface area contributed by atoms with E-state index in [1.54, 1.807) is 0 Å². The minimum absolute atomic E-state index is 0.0788. The highest BCUT2D eigenvalue weighted by Gasteiger charge is 2.16. The molecule has 0 aromatic carbocycles. The number of nitrogens with two attached hydrogens (primary N) is 2. The summed E-state index contributed by atoms with van der Waals surface area (Å²) in [7, 11) is 0. The number of amides is 2. The number of carbonyl (C=O) groups excluding carboxylic acids is 2. The third kappa shape index (κ3) is 9.00. The zero-order chi connectivity index (χ0) is 17.1. The van der Waals surface area contributed by atoms with E-state index in [0.29, 0.717) is 13.1 Å². The largest absolute Gasteiger partial charge is 0.355 e. The fraction of sp³-hybridized carbons (Fsp3) is 0.875. The Hall–Kier alpha value is -1.14. The Morgan fingerprint density at radius 3 is 1.32 bits per heavy atom. The van der Waals surface area contributed by atoms with Gasteiger partial charge in [0.2, 0.25) is 11.8 Å². The zero-order valence-electron chi connectivity index (χ0n) is 14.5. The van der Waals surface area contributed by atoms with E-state index in [2.05, 4.69) is 10.6 Å². The summed E-state index contributed by atoms with van der Waals surface area (Å²) in [6.07, 6.45) is 3.89. The highest BCUT2D eigenvalue weighted by Crippen LogP contribution is 2.01. The van der Waals surface area contributed by atoms with Gasteiger partial charge in [0, 0.05) is 13.1 Å². The molecular weight excluding hydrogens is 280 g/mol. The monoisotopic (exact) mass is 314 g/mol. The molecule has 0 aromatic rings. The summed E-state index contributed by atoms with van der Waals surface area (Å²) in [6, 6.07) is -0.860. The third-order valence-corrected chi connectivity index (χ3v) is 3.74. The maximum Gasteiger partial charge on any atom is 0.237 e. The molecule has 2 atom stereocenters. The molecule has 0 aliphatic carbocycles. The van der Waals surface area contributed by atoms with Crippen molar-refractivity contribution in [3.8, 4) is 0 Å². The maximum absolute atomic E-state index is 11.6. The van der Waals surface area contributed by atoms with Crippen LogP contribution in [0.3, 0.4) is 0 Å². The summed E-state index contributed by atoms with van der Waals surface area (Å²) >= 11 is 0. The van der Waals surface area contributed by atoms with Crippen LogP contribution >= 0.6 is 0 Å². The van der Waals surface area contributed by atoms with Crippen LogP contribution in [0, 0.1) is 11.8 Å². The van der Waals surface area contributed by atoms with Crippen LogP contribution in [0.4, 0.5) is 0 Å². The minimum atomic E-state index is -0.430. The Labute approximate surface area is 134 Å². The lowest BCUT2D eigenvalue weighted by Gasteiger charge is -2.15. The fourth-order valence-electron chi connectivity index (χ4n) is 1.87. The Kier molecular flexibility index (Phi) is 10.8. The van der Waals surface area contributed by atoms with Crippen LogP contribution in [0.25, 0.3) is 0 Å². The average molecular weight is 314 g/mol. The van der Waals surface area contributed by atoms with Crippen molar-refractivity contribution in [3.63, 3.8) is 0 Å². The molecule has 0 saturated carbocycles. The Bertz CT molecular complexity index is 300. The molecule has 0 aromatic heterocycles. The average Bonchev–Trinajstić information content (AvgIpc) is 2.47. The van der Waals surface area contributed by atoms with Crippen molar-refractivity contribution in [1.29, 1.82) is 0 Å². The molecule has 6 N–H and O–H groups in total. The molecule has 2 amide bonds. The Morgan fingerprint density at radius 1 is 0.727 bits per heavy atom. The molecule has 6 nitrogen and oxygen atoms in total. The molecule has 6 heteroatoms. The first-order valence-electron chi connectivity index (χ1n) is 8.34. The number of unbranched alkanes of at least 4 members (excludes halogenated alkanes) is 3. The van der Waals surface area contributed by atoms with E-state index in [0.717, 1.165) is 25.7 Å². The van der Waals surface area contributed by atoms with Crippen molar-refractivity contribution in [2.24, 2.45) is 23.3 Å². The van der Waals surface area contributed by atoms with Crippen molar-refractivity contribution in [2.75, 3.05) is 13.1 Å². The second kappa shape index (κ2) is 11.4. The quantitative estimate of drug-likeness (QED) is 0.422. The number of carbonyl (C=O) groups is 2. The van der Waals surface area contributed by atoms with Gasteiger partial charge in [0.05, 0.1) is 12.1 Å². The molecular formula is C16H34N4O2. The predicted octanol–water partition coefficient (Wildman–Crippen LogP) is 0.746. The van der Waals surface area contributed by atoms with E-state index in [9.17, 15) is 9.59 Å².